The van der Waals surface area contributed by atoms with Crippen LogP contribution in [-0.2, 0) is 4.79 Å². The first kappa shape index (κ1) is 14.3. The summed E-state index contributed by atoms with van der Waals surface area (Å²) in [6.07, 6.45) is 6.32. The van der Waals surface area contributed by atoms with Crippen LogP contribution in [0.5, 0.6) is 0 Å². The monoisotopic (exact) mass is 299 g/mol. The summed E-state index contributed by atoms with van der Waals surface area (Å²) in [4.78, 5) is 30.2. The molecule has 6 nitrogen and oxygen atoms in total. The summed E-state index contributed by atoms with van der Waals surface area (Å²) >= 11 is 0. The van der Waals surface area contributed by atoms with Crippen LogP contribution in [0.4, 0.5) is 5.69 Å². The molecule has 1 atom stereocenters. The summed E-state index contributed by atoms with van der Waals surface area (Å²) < 4.78 is 5.14. The van der Waals surface area contributed by atoms with Gasteiger partial charge in [0.2, 0.25) is 5.91 Å². The maximum atomic E-state index is 12.3. The molecular formula is C16H17N3O3. The highest BCUT2D eigenvalue weighted by molar-refractivity contribution is 5.94. The van der Waals surface area contributed by atoms with Crippen molar-refractivity contribution in [2.45, 2.75) is 12.8 Å². The van der Waals surface area contributed by atoms with Gasteiger partial charge in [-0.05, 0) is 37.1 Å². The predicted octanol–water partition coefficient (Wildman–Crippen LogP) is 2.17. The number of piperidine rings is 1. The number of nitrogens with zero attached hydrogens (tertiary/aromatic N) is 2. The molecule has 6 heteroatoms. The van der Waals surface area contributed by atoms with Gasteiger partial charge in [0, 0.05) is 31.2 Å². The Balaban J connectivity index is 1.63. The van der Waals surface area contributed by atoms with E-state index in [1.165, 1.54) is 6.26 Å². The van der Waals surface area contributed by atoms with Gasteiger partial charge in [0.05, 0.1) is 12.2 Å². The molecule has 2 aromatic rings. The fourth-order valence-electron chi connectivity index (χ4n) is 2.61. The van der Waals surface area contributed by atoms with Crippen LogP contribution in [0, 0.1) is 5.92 Å². The number of nitrogens with one attached hydrogen (secondary N) is 1. The van der Waals surface area contributed by atoms with Crippen molar-refractivity contribution in [3.63, 3.8) is 0 Å². The number of hydrogen-bond donors (Lipinski definition) is 1. The molecule has 3 rings (SSSR count). The van der Waals surface area contributed by atoms with Gasteiger partial charge in [-0.1, -0.05) is 0 Å². The number of likely N-dealkylation sites (tertiary alicyclic amines) is 1. The molecule has 0 spiro atoms. The van der Waals surface area contributed by atoms with Crippen molar-refractivity contribution in [1.82, 2.24) is 9.88 Å². The van der Waals surface area contributed by atoms with E-state index >= 15 is 0 Å². The van der Waals surface area contributed by atoms with Crippen LogP contribution in [-0.4, -0.2) is 34.8 Å². The van der Waals surface area contributed by atoms with Crippen LogP contribution in [0.15, 0.2) is 47.3 Å². The van der Waals surface area contributed by atoms with Crippen molar-refractivity contribution in [2.75, 3.05) is 18.4 Å². The van der Waals surface area contributed by atoms with Crippen LogP contribution in [0.1, 0.15) is 23.4 Å². The molecule has 114 valence electrons. The number of furan rings is 1. The minimum Gasteiger partial charge on any atom is -0.459 e. The highest BCUT2D eigenvalue weighted by atomic mass is 16.3. The Morgan fingerprint density at radius 2 is 2.09 bits per heavy atom. The molecule has 1 saturated heterocycles. The predicted molar refractivity (Wildman–Crippen MR) is 80.2 cm³/mol. The number of aromatic nitrogens is 1. The van der Waals surface area contributed by atoms with E-state index in [1.807, 2.05) is 0 Å². The van der Waals surface area contributed by atoms with Crippen LogP contribution >= 0.6 is 0 Å². The minimum atomic E-state index is -0.208. The fraction of sp³-hybridized carbons (Fsp3) is 0.312. The summed E-state index contributed by atoms with van der Waals surface area (Å²) in [6.45, 7) is 1.06. The Labute approximate surface area is 128 Å². The quantitative estimate of drug-likeness (QED) is 0.942. The zero-order valence-electron chi connectivity index (χ0n) is 12.1. The third-order valence-electron chi connectivity index (χ3n) is 3.76. The number of hydrogen-bond acceptors (Lipinski definition) is 4. The Morgan fingerprint density at radius 1 is 1.27 bits per heavy atom. The maximum absolute atomic E-state index is 12.3. The molecule has 0 saturated carbocycles. The molecule has 1 aliphatic rings. The molecule has 3 heterocycles. The van der Waals surface area contributed by atoms with Gasteiger partial charge in [-0.3, -0.25) is 14.6 Å². The third-order valence-corrected chi connectivity index (χ3v) is 3.76. The van der Waals surface area contributed by atoms with Gasteiger partial charge in [-0.25, -0.2) is 0 Å². The van der Waals surface area contributed by atoms with Crippen molar-refractivity contribution < 1.29 is 14.0 Å². The van der Waals surface area contributed by atoms with E-state index in [0.717, 1.165) is 18.5 Å². The van der Waals surface area contributed by atoms with Gasteiger partial charge in [0.15, 0.2) is 5.76 Å². The second kappa shape index (κ2) is 6.43. The van der Waals surface area contributed by atoms with E-state index in [0.29, 0.717) is 18.8 Å². The SMILES string of the molecule is O=C(Nc1ccncc1)C1CCCN(C(=O)c2ccco2)C1. The van der Waals surface area contributed by atoms with Crippen molar-refractivity contribution in [3.8, 4) is 0 Å². The minimum absolute atomic E-state index is 0.0665. The summed E-state index contributed by atoms with van der Waals surface area (Å²) in [6, 6.07) is 6.81. The van der Waals surface area contributed by atoms with Crippen molar-refractivity contribution in [1.29, 1.82) is 0 Å². The van der Waals surface area contributed by atoms with E-state index in [2.05, 4.69) is 10.3 Å². The normalized spacial score (nSPS) is 18.0. The Hall–Kier alpha value is -2.63. The highest BCUT2D eigenvalue weighted by Gasteiger charge is 2.29. The Kier molecular flexibility index (Phi) is 4.18. The first-order valence-electron chi connectivity index (χ1n) is 7.28. The smallest absolute Gasteiger partial charge is 0.289 e. The lowest BCUT2D eigenvalue weighted by atomic mass is 9.97. The van der Waals surface area contributed by atoms with Gasteiger partial charge in [0.1, 0.15) is 0 Å². The maximum Gasteiger partial charge on any atom is 0.289 e. The van der Waals surface area contributed by atoms with Crippen LogP contribution in [0.25, 0.3) is 0 Å². The third kappa shape index (κ3) is 3.16. The average Bonchev–Trinajstić information content (AvgIpc) is 3.09. The van der Waals surface area contributed by atoms with E-state index in [1.54, 1.807) is 41.6 Å². The second-order valence-corrected chi connectivity index (χ2v) is 5.29. The molecule has 1 unspecified atom stereocenters. The van der Waals surface area contributed by atoms with Gasteiger partial charge >= 0.3 is 0 Å². The first-order chi connectivity index (χ1) is 10.7. The van der Waals surface area contributed by atoms with Crippen molar-refractivity contribution >= 4 is 17.5 Å². The molecule has 0 aliphatic carbocycles. The van der Waals surface area contributed by atoms with Crippen LogP contribution < -0.4 is 5.32 Å². The van der Waals surface area contributed by atoms with Gasteiger partial charge in [-0.2, -0.15) is 0 Å². The summed E-state index contributed by atoms with van der Waals surface area (Å²) in [5, 5.41) is 2.87. The van der Waals surface area contributed by atoms with Crippen molar-refractivity contribution in [2.24, 2.45) is 5.92 Å². The van der Waals surface area contributed by atoms with Gasteiger partial charge in [-0.15, -0.1) is 0 Å². The Morgan fingerprint density at radius 3 is 2.82 bits per heavy atom. The van der Waals surface area contributed by atoms with E-state index in [9.17, 15) is 9.59 Å². The van der Waals surface area contributed by atoms with Crippen LogP contribution in [0.3, 0.4) is 0 Å². The van der Waals surface area contributed by atoms with E-state index in [-0.39, 0.29) is 17.7 Å². The zero-order chi connectivity index (χ0) is 15.4. The molecular weight excluding hydrogens is 282 g/mol. The molecule has 1 aliphatic heterocycles. The lowest BCUT2D eigenvalue weighted by Crippen LogP contribution is -2.43. The number of anilines is 1. The molecule has 1 N–H and O–H groups in total. The van der Waals surface area contributed by atoms with Crippen LogP contribution in [0.2, 0.25) is 0 Å². The lowest BCUT2D eigenvalue weighted by Gasteiger charge is -2.31. The van der Waals surface area contributed by atoms with Gasteiger partial charge < -0.3 is 14.6 Å². The average molecular weight is 299 g/mol. The molecule has 1 fully saturated rings. The van der Waals surface area contributed by atoms with E-state index in [4.69, 9.17) is 4.42 Å². The number of carbonyl (C=O) groups is 2. The zero-order valence-corrected chi connectivity index (χ0v) is 12.1. The summed E-state index contributed by atoms with van der Waals surface area (Å²) in [7, 11) is 0. The molecule has 0 aromatic carbocycles. The number of amides is 2. The standard InChI is InChI=1S/C16H17N3O3/c20-15(18-13-5-7-17-8-6-13)12-3-1-9-19(11-12)16(21)14-4-2-10-22-14/h2,4-8,10,12H,1,3,9,11H2,(H,17,18,20). The summed E-state index contributed by atoms with van der Waals surface area (Å²) in [5.74, 6) is -0.120. The number of rotatable bonds is 3. The number of pyridine rings is 1. The molecule has 0 radical (unpaired) electrons. The topological polar surface area (TPSA) is 75.4 Å². The van der Waals surface area contributed by atoms with E-state index < -0.39 is 0 Å². The lowest BCUT2D eigenvalue weighted by molar-refractivity contribution is -0.121. The Bertz CT molecular complexity index is 640. The molecule has 2 amide bonds. The first-order valence-corrected chi connectivity index (χ1v) is 7.28. The van der Waals surface area contributed by atoms with Crippen molar-refractivity contribution in [3.05, 3.63) is 48.7 Å². The second-order valence-electron chi connectivity index (χ2n) is 5.29. The molecule has 0 bridgehead atoms. The molecule has 22 heavy (non-hydrogen) atoms. The summed E-state index contributed by atoms with van der Waals surface area (Å²) in [5.41, 5.74) is 0.717. The molecule has 2 aromatic heterocycles. The highest BCUT2D eigenvalue weighted by Crippen LogP contribution is 2.20. The largest absolute Gasteiger partial charge is 0.459 e. The fourth-order valence-corrected chi connectivity index (χ4v) is 2.61. The number of carbonyl (C=O) groups excluding carboxylic acids is 2. The van der Waals surface area contributed by atoms with Gasteiger partial charge in [0.25, 0.3) is 5.91 Å².